The number of nitrogens with zero attached hydrogens (tertiary/aromatic N) is 1. The molecule has 1 fully saturated rings. The molecule has 1 aromatic carbocycles. The molecule has 0 bridgehead atoms. The standard InChI is InChI=1S/C13H18ClFN2O3S/c1-20-8-9-3-2-4-17(7-9)21(18,19)12-6-10(14)5-11(16)13(12)15/h5-6,9H,2-4,7-8,16H2,1H3. The Morgan fingerprint density at radius 2 is 2.24 bits per heavy atom. The quantitative estimate of drug-likeness (QED) is 0.855. The van der Waals surface area contributed by atoms with Gasteiger partial charge in [-0.05, 0) is 30.9 Å². The van der Waals surface area contributed by atoms with Crippen LogP contribution in [0.1, 0.15) is 12.8 Å². The largest absolute Gasteiger partial charge is 0.396 e. The third-order valence-corrected chi connectivity index (χ3v) is 5.62. The van der Waals surface area contributed by atoms with E-state index in [9.17, 15) is 12.8 Å². The van der Waals surface area contributed by atoms with Crippen molar-refractivity contribution in [2.24, 2.45) is 5.92 Å². The molecule has 1 saturated heterocycles. The van der Waals surface area contributed by atoms with Crippen molar-refractivity contribution in [3.05, 3.63) is 23.0 Å². The van der Waals surface area contributed by atoms with Crippen LogP contribution >= 0.6 is 11.6 Å². The van der Waals surface area contributed by atoms with E-state index >= 15 is 0 Å². The van der Waals surface area contributed by atoms with Gasteiger partial charge in [-0.3, -0.25) is 0 Å². The van der Waals surface area contributed by atoms with Crippen molar-refractivity contribution in [1.29, 1.82) is 0 Å². The van der Waals surface area contributed by atoms with Crippen LogP contribution in [-0.2, 0) is 14.8 Å². The zero-order valence-corrected chi connectivity index (χ0v) is 13.3. The van der Waals surface area contributed by atoms with Crippen molar-refractivity contribution in [2.75, 3.05) is 32.5 Å². The maximum absolute atomic E-state index is 14.1. The monoisotopic (exact) mass is 336 g/mol. The first-order chi connectivity index (χ1) is 9.86. The molecule has 1 unspecified atom stereocenters. The van der Waals surface area contributed by atoms with E-state index in [2.05, 4.69) is 0 Å². The Balaban J connectivity index is 2.34. The van der Waals surface area contributed by atoms with Crippen molar-refractivity contribution >= 4 is 27.3 Å². The molecule has 0 aliphatic carbocycles. The highest BCUT2D eigenvalue weighted by Crippen LogP contribution is 2.30. The first-order valence-corrected chi connectivity index (χ1v) is 8.41. The molecular weight excluding hydrogens is 319 g/mol. The molecule has 1 aromatic rings. The highest BCUT2D eigenvalue weighted by Gasteiger charge is 2.33. The third kappa shape index (κ3) is 3.48. The van der Waals surface area contributed by atoms with Gasteiger partial charge in [-0.2, -0.15) is 4.31 Å². The van der Waals surface area contributed by atoms with Gasteiger partial charge in [0.2, 0.25) is 10.0 Å². The normalized spacial score (nSPS) is 20.6. The van der Waals surface area contributed by atoms with Gasteiger partial charge in [0.1, 0.15) is 4.90 Å². The number of hydrogen-bond donors (Lipinski definition) is 1. The van der Waals surface area contributed by atoms with Gasteiger partial charge in [-0.25, -0.2) is 12.8 Å². The number of methoxy groups -OCH3 is 1. The predicted octanol–water partition coefficient (Wildman–Crippen LogP) is 2.11. The Labute approximate surface area is 128 Å². The van der Waals surface area contributed by atoms with E-state index < -0.39 is 20.7 Å². The second kappa shape index (κ2) is 6.48. The van der Waals surface area contributed by atoms with Crippen molar-refractivity contribution < 1.29 is 17.5 Å². The number of sulfonamides is 1. The Morgan fingerprint density at radius 1 is 1.52 bits per heavy atom. The summed E-state index contributed by atoms with van der Waals surface area (Å²) in [6.07, 6.45) is 1.60. The molecule has 0 aromatic heterocycles. The molecule has 1 heterocycles. The lowest BCUT2D eigenvalue weighted by Crippen LogP contribution is -2.41. The zero-order chi connectivity index (χ0) is 15.6. The van der Waals surface area contributed by atoms with Gasteiger partial charge in [0.25, 0.3) is 0 Å². The van der Waals surface area contributed by atoms with Crippen molar-refractivity contribution in [3.63, 3.8) is 0 Å². The number of benzene rings is 1. The van der Waals surface area contributed by atoms with Crippen LogP contribution in [0.25, 0.3) is 0 Å². The van der Waals surface area contributed by atoms with E-state index in [1.807, 2.05) is 0 Å². The predicted molar refractivity (Wildman–Crippen MR) is 79.2 cm³/mol. The highest BCUT2D eigenvalue weighted by atomic mass is 35.5. The minimum absolute atomic E-state index is 0.0953. The number of hydrogen-bond acceptors (Lipinski definition) is 4. The molecule has 1 atom stereocenters. The molecule has 118 valence electrons. The average molecular weight is 337 g/mol. The van der Waals surface area contributed by atoms with E-state index in [0.29, 0.717) is 26.1 Å². The topological polar surface area (TPSA) is 72.6 Å². The minimum Gasteiger partial charge on any atom is -0.396 e. The SMILES string of the molecule is COCC1CCCN(S(=O)(=O)c2cc(Cl)cc(N)c2F)C1. The number of rotatable bonds is 4. The van der Waals surface area contributed by atoms with Crippen LogP contribution in [0.15, 0.2) is 17.0 Å². The van der Waals surface area contributed by atoms with Crippen LogP contribution < -0.4 is 5.73 Å². The second-order valence-corrected chi connectivity index (χ2v) is 7.48. The lowest BCUT2D eigenvalue weighted by atomic mass is 10.0. The second-order valence-electron chi connectivity index (χ2n) is 5.13. The Bertz CT molecular complexity index is 622. The summed E-state index contributed by atoms with van der Waals surface area (Å²) < 4.78 is 45.6. The smallest absolute Gasteiger partial charge is 0.246 e. The summed E-state index contributed by atoms with van der Waals surface area (Å²) >= 11 is 5.80. The van der Waals surface area contributed by atoms with Crippen LogP contribution in [0, 0.1) is 11.7 Å². The summed E-state index contributed by atoms with van der Waals surface area (Å²) in [5.74, 6) is -0.841. The Morgan fingerprint density at radius 3 is 2.90 bits per heavy atom. The van der Waals surface area contributed by atoms with Gasteiger partial charge in [-0.1, -0.05) is 11.6 Å². The van der Waals surface area contributed by atoms with E-state index in [1.54, 1.807) is 7.11 Å². The zero-order valence-electron chi connectivity index (χ0n) is 11.7. The molecule has 5 nitrogen and oxygen atoms in total. The summed E-state index contributed by atoms with van der Waals surface area (Å²) in [6.45, 7) is 1.14. The van der Waals surface area contributed by atoms with Gasteiger partial charge < -0.3 is 10.5 Å². The van der Waals surface area contributed by atoms with Gasteiger partial charge in [0, 0.05) is 25.2 Å². The van der Waals surface area contributed by atoms with E-state index in [4.69, 9.17) is 22.1 Å². The third-order valence-electron chi connectivity index (χ3n) is 3.53. The van der Waals surface area contributed by atoms with Crippen molar-refractivity contribution in [3.8, 4) is 0 Å². The molecule has 0 radical (unpaired) electrons. The lowest BCUT2D eigenvalue weighted by Gasteiger charge is -2.31. The van der Waals surface area contributed by atoms with Crippen LogP contribution in [0.3, 0.4) is 0 Å². The maximum atomic E-state index is 14.1. The van der Waals surface area contributed by atoms with Gasteiger partial charge in [-0.15, -0.1) is 0 Å². The Kier molecular flexibility index (Phi) is 5.08. The van der Waals surface area contributed by atoms with Crippen LogP contribution in [0.4, 0.5) is 10.1 Å². The molecule has 0 saturated carbocycles. The number of halogens is 2. The molecule has 1 aliphatic heterocycles. The van der Waals surface area contributed by atoms with Gasteiger partial charge in [0.15, 0.2) is 5.82 Å². The highest BCUT2D eigenvalue weighted by molar-refractivity contribution is 7.89. The average Bonchev–Trinajstić information content (AvgIpc) is 2.43. The molecule has 0 spiro atoms. The first-order valence-electron chi connectivity index (χ1n) is 6.60. The molecule has 2 N–H and O–H groups in total. The van der Waals surface area contributed by atoms with Crippen LogP contribution in [0.2, 0.25) is 5.02 Å². The number of nitrogens with two attached hydrogens (primary N) is 1. The molecule has 2 rings (SSSR count). The summed E-state index contributed by atoms with van der Waals surface area (Å²) in [6, 6.07) is 2.29. The molecule has 21 heavy (non-hydrogen) atoms. The maximum Gasteiger partial charge on any atom is 0.246 e. The van der Waals surface area contributed by atoms with E-state index in [-0.39, 0.29) is 16.6 Å². The molecule has 0 amide bonds. The molecule has 1 aliphatic rings. The fraction of sp³-hybridized carbons (Fsp3) is 0.538. The van der Waals surface area contributed by atoms with E-state index in [0.717, 1.165) is 12.5 Å². The van der Waals surface area contributed by atoms with Gasteiger partial charge >= 0.3 is 0 Å². The fourth-order valence-corrected chi connectivity index (χ4v) is 4.49. The van der Waals surface area contributed by atoms with Gasteiger partial charge in [0.05, 0.1) is 12.3 Å². The molecular formula is C13H18ClFN2O3S. The van der Waals surface area contributed by atoms with Crippen LogP contribution in [0.5, 0.6) is 0 Å². The summed E-state index contributed by atoms with van der Waals surface area (Å²) in [7, 11) is -2.38. The number of piperidine rings is 1. The summed E-state index contributed by atoms with van der Waals surface area (Å²) in [5.41, 5.74) is 5.19. The summed E-state index contributed by atoms with van der Waals surface area (Å²) in [5, 5.41) is 0.0953. The Hall–Kier alpha value is -0.890. The molecule has 8 heteroatoms. The van der Waals surface area contributed by atoms with Crippen molar-refractivity contribution in [2.45, 2.75) is 17.7 Å². The number of ether oxygens (including phenoxy) is 1. The fourth-order valence-electron chi connectivity index (χ4n) is 2.53. The van der Waals surface area contributed by atoms with Crippen LogP contribution in [-0.4, -0.2) is 39.5 Å². The number of anilines is 1. The summed E-state index contributed by atoms with van der Waals surface area (Å²) in [4.78, 5) is -0.467. The minimum atomic E-state index is -3.95. The first kappa shape index (κ1) is 16.5. The number of nitrogen functional groups attached to an aromatic ring is 1. The van der Waals surface area contributed by atoms with Crippen molar-refractivity contribution in [1.82, 2.24) is 4.31 Å². The van der Waals surface area contributed by atoms with E-state index in [1.165, 1.54) is 10.4 Å². The lowest BCUT2D eigenvalue weighted by molar-refractivity contribution is 0.118.